The molecule has 3 aliphatic carbocycles. The normalized spacial score (nSPS) is 20.0. The molecule has 1 saturated heterocycles. The lowest BCUT2D eigenvalue weighted by molar-refractivity contribution is -0.123. The van der Waals surface area contributed by atoms with E-state index in [1.165, 1.54) is 38.9 Å². The third-order valence-electron chi connectivity index (χ3n) is 7.81. The van der Waals surface area contributed by atoms with Crippen LogP contribution in [0.2, 0.25) is 0 Å². The molecule has 3 aromatic rings. The highest BCUT2D eigenvalue weighted by atomic mass is 16.3. The minimum Gasteiger partial charge on any atom is -0.483 e. The van der Waals surface area contributed by atoms with E-state index in [-0.39, 0.29) is 12.9 Å². The SMILES string of the molecule is CN(C)CC1(O)CCN(Cc2ccc3c(c2)C2c4ccccc4C3c3ccccc32)CC1.O=CO.O=CO. The average molecular weight is 517 g/mol. The Morgan fingerprint density at radius 1 is 0.789 bits per heavy atom. The van der Waals surface area contributed by atoms with Gasteiger partial charge in [-0.2, -0.15) is 0 Å². The standard InChI is InChI=1S/C29H32N2O.2CH2O2/c1-30(2)19-29(32)13-15-31(16-14-29)18-20-11-12-25-26(17-20)28-23-9-5-3-7-21(23)27(25)22-8-4-6-10-24(22)28;2*2-1-3/h3-12,17,27-28,32H,13-16,18-19H2,1-2H3;2*1H,(H,2,3). The number of nitrogens with zero attached hydrogens (tertiary/aromatic N) is 2. The van der Waals surface area contributed by atoms with Crippen molar-refractivity contribution in [3.05, 3.63) is 106 Å². The molecule has 0 unspecified atom stereocenters. The predicted molar refractivity (Wildman–Crippen MR) is 147 cm³/mol. The maximum Gasteiger partial charge on any atom is 0.290 e. The third-order valence-corrected chi connectivity index (χ3v) is 7.81. The van der Waals surface area contributed by atoms with Gasteiger partial charge in [0.05, 0.1) is 5.60 Å². The van der Waals surface area contributed by atoms with E-state index in [0.29, 0.717) is 11.8 Å². The van der Waals surface area contributed by atoms with Gasteiger partial charge in [0, 0.05) is 38.0 Å². The van der Waals surface area contributed by atoms with Gasteiger partial charge in [-0.3, -0.25) is 14.5 Å². The van der Waals surface area contributed by atoms with Crippen LogP contribution >= 0.6 is 0 Å². The number of hydrogen-bond donors (Lipinski definition) is 3. The molecular weight excluding hydrogens is 480 g/mol. The zero-order valence-corrected chi connectivity index (χ0v) is 22.0. The summed E-state index contributed by atoms with van der Waals surface area (Å²) in [5.74, 6) is 0.696. The minimum atomic E-state index is -0.539. The Labute approximate surface area is 224 Å². The summed E-state index contributed by atoms with van der Waals surface area (Å²) in [4.78, 5) is 21.3. The van der Waals surface area contributed by atoms with Crippen molar-refractivity contribution in [3.63, 3.8) is 0 Å². The van der Waals surface area contributed by atoms with Crippen molar-refractivity contribution in [2.75, 3.05) is 33.7 Å². The fourth-order valence-electron chi connectivity index (χ4n) is 6.45. The molecule has 0 radical (unpaired) electrons. The molecule has 1 aliphatic heterocycles. The summed E-state index contributed by atoms with van der Waals surface area (Å²) in [6.45, 7) is 3.13. The number of aliphatic hydroxyl groups is 1. The van der Waals surface area contributed by atoms with Crippen LogP contribution in [0.4, 0.5) is 0 Å². The molecule has 7 nitrogen and oxygen atoms in total. The number of benzene rings is 3. The molecule has 3 aromatic carbocycles. The topological polar surface area (TPSA) is 101 Å². The maximum atomic E-state index is 10.9. The quantitative estimate of drug-likeness (QED) is 0.311. The van der Waals surface area contributed by atoms with Crippen molar-refractivity contribution in [3.8, 4) is 0 Å². The monoisotopic (exact) mass is 516 g/mol. The van der Waals surface area contributed by atoms with Gasteiger partial charge >= 0.3 is 0 Å². The van der Waals surface area contributed by atoms with Crippen molar-refractivity contribution in [1.82, 2.24) is 9.80 Å². The van der Waals surface area contributed by atoms with E-state index in [1.54, 1.807) is 0 Å². The number of piperidine rings is 1. The molecule has 1 fully saturated rings. The Balaban J connectivity index is 0.000000515. The zero-order valence-electron chi connectivity index (χ0n) is 22.0. The first-order valence-electron chi connectivity index (χ1n) is 12.9. The van der Waals surface area contributed by atoms with Crippen LogP contribution in [0.25, 0.3) is 0 Å². The molecule has 0 aromatic heterocycles. The number of carbonyl (C=O) groups is 2. The van der Waals surface area contributed by atoms with Crippen molar-refractivity contribution in [2.45, 2.75) is 36.8 Å². The Hall–Kier alpha value is -3.52. The van der Waals surface area contributed by atoms with Gasteiger partial charge in [-0.15, -0.1) is 0 Å². The molecule has 200 valence electrons. The van der Waals surface area contributed by atoms with Gasteiger partial charge in [-0.25, -0.2) is 0 Å². The van der Waals surface area contributed by atoms with Crippen LogP contribution in [0.5, 0.6) is 0 Å². The molecule has 3 N–H and O–H groups in total. The average Bonchev–Trinajstić information content (AvgIpc) is 2.90. The van der Waals surface area contributed by atoms with Gasteiger partial charge in [-0.1, -0.05) is 66.7 Å². The summed E-state index contributed by atoms with van der Waals surface area (Å²) in [5.41, 5.74) is 9.74. The lowest BCUT2D eigenvalue weighted by Crippen LogP contribution is -2.49. The Morgan fingerprint density at radius 3 is 1.66 bits per heavy atom. The second-order valence-electron chi connectivity index (χ2n) is 10.5. The van der Waals surface area contributed by atoms with Gasteiger partial charge in [0.25, 0.3) is 12.9 Å². The molecule has 0 saturated carbocycles. The summed E-state index contributed by atoms with van der Waals surface area (Å²) in [6, 6.07) is 25.2. The number of rotatable bonds is 4. The van der Waals surface area contributed by atoms with E-state index in [0.717, 1.165) is 39.0 Å². The summed E-state index contributed by atoms with van der Waals surface area (Å²) in [5, 5.41) is 24.7. The van der Waals surface area contributed by atoms with Gasteiger partial charge in [0.2, 0.25) is 0 Å². The molecule has 0 amide bonds. The predicted octanol–water partition coefficient (Wildman–Crippen LogP) is 3.96. The first-order chi connectivity index (χ1) is 18.4. The Bertz CT molecular complexity index is 1210. The molecule has 2 bridgehead atoms. The first kappa shape index (κ1) is 27.5. The number of likely N-dealkylation sites (N-methyl/N-ethyl adjacent to an activating group) is 1. The number of hydrogen-bond acceptors (Lipinski definition) is 5. The van der Waals surface area contributed by atoms with E-state index >= 15 is 0 Å². The van der Waals surface area contributed by atoms with E-state index in [1.807, 2.05) is 14.1 Å². The summed E-state index contributed by atoms with van der Waals surface area (Å²) in [7, 11) is 4.09. The first-order valence-corrected chi connectivity index (χ1v) is 12.9. The molecule has 38 heavy (non-hydrogen) atoms. The molecule has 7 rings (SSSR count). The summed E-state index contributed by atoms with van der Waals surface area (Å²) in [6.07, 6.45) is 1.70. The van der Waals surface area contributed by atoms with Crippen LogP contribution in [-0.4, -0.2) is 77.4 Å². The smallest absolute Gasteiger partial charge is 0.290 e. The Morgan fingerprint density at radius 2 is 1.21 bits per heavy atom. The molecule has 1 heterocycles. The molecule has 0 atom stereocenters. The molecule has 7 heteroatoms. The van der Waals surface area contributed by atoms with Crippen molar-refractivity contribution in [2.24, 2.45) is 0 Å². The van der Waals surface area contributed by atoms with Gasteiger partial charge in [-0.05, 0) is 65.9 Å². The summed E-state index contributed by atoms with van der Waals surface area (Å²) < 4.78 is 0. The van der Waals surface area contributed by atoms with Crippen LogP contribution in [0.3, 0.4) is 0 Å². The lowest BCUT2D eigenvalue weighted by Gasteiger charge is -2.42. The van der Waals surface area contributed by atoms with Gasteiger partial charge < -0.3 is 20.2 Å². The van der Waals surface area contributed by atoms with Crippen LogP contribution in [0.15, 0.2) is 66.7 Å². The van der Waals surface area contributed by atoms with Gasteiger partial charge in [0.15, 0.2) is 0 Å². The second kappa shape index (κ2) is 11.9. The third kappa shape index (κ3) is 5.50. The fraction of sp³-hybridized carbons (Fsp3) is 0.355. The molecule has 4 aliphatic rings. The van der Waals surface area contributed by atoms with E-state index < -0.39 is 5.60 Å². The molecule has 0 spiro atoms. The van der Waals surface area contributed by atoms with Crippen LogP contribution in [-0.2, 0) is 16.1 Å². The fourth-order valence-corrected chi connectivity index (χ4v) is 6.45. The highest BCUT2D eigenvalue weighted by Crippen LogP contribution is 2.55. The minimum absolute atomic E-state index is 0.250. The lowest BCUT2D eigenvalue weighted by atomic mass is 9.61. The van der Waals surface area contributed by atoms with Gasteiger partial charge in [0.1, 0.15) is 0 Å². The van der Waals surface area contributed by atoms with Crippen molar-refractivity contribution >= 4 is 12.9 Å². The van der Waals surface area contributed by atoms with E-state index in [4.69, 9.17) is 19.8 Å². The van der Waals surface area contributed by atoms with Crippen LogP contribution in [0, 0.1) is 0 Å². The number of likely N-dealkylation sites (tertiary alicyclic amines) is 1. The van der Waals surface area contributed by atoms with Crippen LogP contribution in [0.1, 0.15) is 63.6 Å². The maximum absolute atomic E-state index is 10.9. The van der Waals surface area contributed by atoms with Crippen molar-refractivity contribution in [1.29, 1.82) is 0 Å². The number of carboxylic acid groups (broad SMARTS) is 2. The highest BCUT2D eigenvalue weighted by Gasteiger charge is 2.41. The highest BCUT2D eigenvalue weighted by molar-refractivity contribution is 5.68. The van der Waals surface area contributed by atoms with E-state index in [9.17, 15) is 5.11 Å². The largest absolute Gasteiger partial charge is 0.483 e. The zero-order chi connectivity index (χ0) is 27.3. The molecular formula is C31H36N2O5. The van der Waals surface area contributed by atoms with Crippen molar-refractivity contribution < 1.29 is 24.9 Å². The summed E-state index contributed by atoms with van der Waals surface area (Å²) >= 11 is 0. The second-order valence-corrected chi connectivity index (χ2v) is 10.5. The van der Waals surface area contributed by atoms with Crippen LogP contribution < -0.4 is 0 Å². The Kier molecular flexibility index (Phi) is 8.62. The van der Waals surface area contributed by atoms with E-state index in [2.05, 4.69) is 76.5 Å².